The molecule has 0 saturated carbocycles. The van der Waals surface area contributed by atoms with Crippen molar-refractivity contribution in [2.75, 3.05) is 18.8 Å². The molecule has 7 atom stereocenters. The fourth-order valence-electron chi connectivity index (χ4n) is 5.78. The summed E-state index contributed by atoms with van der Waals surface area (Å²) in [6.07, 6.45) is -0.416. The molecule has 0 aromatic heterocycles. The molecule has 0 radical (unpaired) electrons. The molecule has 1 saturated heterocycles. The Balaban J connectivity index is 0.00000269. The summed E-state index contributed by atoms with van der Waals surface area (Å²) in [5.74, 6) is -8.85. The Morgan fingerprint density at radius 2 is 1.41 bits per heavy atom. The second-order valence-corrected chi connectivity index (χ2v) is 15.1. The van der Waals surface area contributed by atoms with Gasteiger partial charge in [-0.2, -0.15) is 12.6 Å². The summed E-state index contributed by atoms with van der Waals surface area (Å²) in [5.41, 5.74) is 38.2. The van der Waals surface area contributed by atoms with Gasteiger partial charge in [-0.25, -0.2) is 0 Å². The molecule has 20 N–H and O–H groups in total. The Kier molecular flexibility index (Phi) is 24.6. The van der Waals surface area contributed by atoms with Crippen molar-refractivity contribution in [3.05, 3.63) is 35.9 Å². The van der Waals surface area contributed by atoms with Gasteiger partial charge in [0, 0.05) is 25.3 Å². The number of aliphatic imine (C=N–C) groups is 1. The zero-order valence-corrected chi connectivity index (χ0v) is 36.7. The van der Waals surface area contributed by atoms with E-state index < -0.39 is 113 Å². The maximum absolute atomic E-state index is 13.6. The third-order valence-electron chi connectivity index (χ3n) is 9.11. The first kappa shape index (κ1) is 55.6. The minimum atomic E-state index is -1.64. The Labute approximate surface area is 378 Å². The SMILES string of the molecule is C[C@H](NC(=O)[C@H](CC(N)=O)NC(=O)[C@H](CCC(N)=O)NC(=O)[C@@H](N)Cc1ccccc1)C(=O)N1CCC[C@H]1C(=O)N[C@@H](CCCN=C(N)N)C(=O)NC(=S)C(N)=O.N[C@@H](CS)C(=O)O. The Hall–Kier alpha value is -6.45. The van der Waals surface area contributed by atoms with Crippen LogP contribution < -0.4 is 66.7 Å². The number of nitrogens with two attached hydrogens (primary N) is 7. The molecule has 1 heterocycles. The third kappa shape index (κ3) is 20.6. The molecule has 0 unspecified atom stereocenters. The van der Waals surface area contributed by atoms with E-state index in [1.165, 1.54) is 11.8 Å². The van der Waals surface area contributed by atoms with Crippen LogP contribution >= 0.6 is 24.8 Å². The highest BCUT2D eigenvalue weighted by Gasteiger charge is 2.39. The van der Waals surface area contributed by atoms with Gasteiger partial charge in [0.25, 0.3) is 5.91 Å². The molecule has 64 heavy (non-hydrogen) atoms. The van der Waals surface area contributed by atoms with Crippen LogP contribution in [0.15, 0.2) is 35.3 Å². The van der Waals surface area contributed by atoms with E-state index >= 15 is 0 Å². The molecule has 0 aliphatic carbocycles. The van der Waals surface area contributed by atoms with E-state index in [4.69, 9.17) is 57.5 Å². The van der Waals surface area contributed by atoms with Gasteiger partial charge < -0.3 is 76.7 Å². The highest BCUT2D eigenvalue weighted by Crippen LogP contribution is 2.19. The number of thiocarbonyl (C=S) groups is 1. The summed E-state index contributed by atoms with van der Waals surface area (Å²) in [4.78, 5) is 129. The number of thiol groups is 1. The van der Waals surface area contributed by atoms with E-state index in [1.807, 2.05) is 0 Å². The zero-order chi connectivity index (χ0) is 48.7. The second kappa shape index (κ2) is 28.3. The number of carbonyl (C=O) groups is 10. The Morgan fingerprint density at radius 3 is 1.94 bits per heavy atom. The molecule has 354 valence electrons. The van der Waals surface area contributed by atoms with Crippen LogP contribution in [0.3, 0.4) is 0 Å². The van der Waals surface area contributed by atoms with Crippen LogP contribution in [0.4, 0.5) is 0 Å². The summed E-state index contributed by atoms with van der Waals surface area (Å²) in [6.45, 7) is 1.51. The fraction of sp³-hybridized carbons (Fsp3) is 0.514. The largest absolute Gasteiger partial charge is 0.480 e. The number of rotatable bonds is 23. The molecule has 2 rings (SSSR count). The molecule has 1 aromatic rings. The number of hydrogen-bond donors (Lipinski definition) is 14. The number of nitrogens with one attached hydrogen (secondary N) is 5. The Morgan fingerprint density at radius 1 is 0.812 bits per heavy atom. The molecule has 9 amide bonds. The number of amides is 9. The maximum atomic E-state index is 13.6. The quantitative estimate of drug-likeness (QED) is 0.0160. The first-order chi connectivity index (χ1) is 30.0. The van der Waals surface area contributed by atoms with E-state index in [9.17, 15) is 47.9 Å². The maximum Gasteiger partial charge on any atom is 0.321 e. The predicted octanol–water partition coefficient (Wildman–Crippen LogP) is -6.04. The predicted molar refractivity (Wildman–Crippen MR) is 238 cm³/mol. The number of aliphatic carboxylic acids is 1. The minimum absolute atomic E-state index is 0.00336. The third-order valence-corrected chi connectivity index (χ3v) is 9.80. The van der Waals surface area contributed by atoms with Crippen molar-refractivity contribution in [1.29, 1.82) is 0 Å². The van der Waals surface area contributed by atoms with Gasteiger partial charge in [0.1, 0.15) is 36.3 Å². The summed E-state index contributed by atoms with van der Waals surface area (Å²) in [5, 5.41) is 19.9. The molecular weight excluding hydrogens is 881 g/mol. The molecule has 27 heteroatoms. The average Bonchev–Trinajstić information content (AvgIpc) is 3.72. The number of carbonyl (C=O) groups excluding carboxylic acids is 9. The zero-order valence-electron chi connectivity index (χ0n) is 35.0. The van der Waals surface area contributed by atoms with Crippen LogP contribution in [0.25, 0.3) is 0 Å². The van der Waals surface area contributed by atoms with Crippen molar-refractivity contribution in [2.24, 2.45) is 45.1 Å². The molecular formula is C37H58N14O11S2. The number of hydrogen-bond acceptors (Lipinski definition) is 15. The van der Waals surface area contributed by atoms with Crippen LogP contribution in [-0.4, -0.2) is 141 Å². The average molecular weight is 939 g/mol. The number of guanidine groups is 1. The number of primary amides is 3. The molecule has 0 bridgehead atoms. The van der Waals surface area contributed by atoms with Crippen LogP contribution in [0.1, 0.15) is 57.4 Å². The van der Waals surface area contributed by atoms with Gasteiger partial charge in [0.2, 0.25) is 47.3 Å². The second-order valence-electron chi connectivity index (χ2n) is 14.3. The lowest BCUT2D eigenvalue weighted by Crippen LogP contribution is -2.59. The lowest BCUT2D eigenvalue weighted by Gasteiger charge is -2.29. The summed E-state index contributed by atoms with van der Waals surface area (Å²) in [6, 6.07) is 0.204. The van der Waals surface area contributed by atoms with E-state index in [2.05, 4.69) is 44.2 Å². The van der Waals surface area contributed by atoms with Crippen molar-refractivity contribution in [3.8, 4) is 0 Å². The van der Waals surface area contributed by atoms with Crippen LogP contribution in [0.5, 0.6) is 0 Å². The van der Waals surface area contributed by atoms with Crippen molar-refractivity contribution < 1.29 is 53.1 Å². The molecule has 1 aliphatic rings. The van der Waals surface area contributed by atoms with Crippen LogP contribution in [-0.2, 0) is 54.4 Å². The minimum Gasteiger partial charge on any atom is -0.480 e. The van der Waals surface area contributed by atoms with Crippen molar-refractivity contribution in [3.63, 3.8) is 0 Å². The number of carboxylic acids is 1. The summed E-state index contributed by atoms with van der Waals surface area (Å²) in [7, 11) is 0. The smallest absolute Gasteiger partial charge is 0.321 e. The van der Waals surface area contributed by atoms with E-state index in [0.717, 1.165) is 5.56 Å². The lowest BCUT2D eigenvalue weighted by atomic mass is 10.0. The van der Waals surface area contributed by atoms with Gasteiger partial charge >= 0.3 is 5.97 Å². The molecule has 1 fully saturated rings. The molecule has 1 aromatic carbocycles. The van der Waals surface area contributed by atoms with E-state index in [0.29, 0.717) is 6.42 Å². The van der Waals surface area contributed by atoms with Gasteiger partial charge in [-0.15, -0.1) is 0 Å². The standard InChI is InChI=1S/C34H51N13O9S.C3H7NO2S/c1-17(33(56)47-14-6-10-23(47)31(55)44-20(9-5-13-41-34(39)40)29(53)46-32(57)26(38)50)42-30(54)22(16-25(37)49)45-28(52)21(11-12-24(36)48)43-27(51)19(35)15-18-7-3-2-4-8-18;4-2(1-7)3(5)6/h2-4,7-8,17,19-23H,5-6,9-16,35H2,1H3,(H2,36,48)(H2,37,49)(H2,38,50)(H,42,54)(H,43,51)(H,44,55)(H,45,52)(H4,39,40,41)(H,46,53,57);2,7H,1,4H2,(H,5,6)/t17-,19-,20-,21-,22-,23-;2-/m00/s1. The highest BCUT2D eigenvalue weighted by molar-refractivity contribution is 7.82. The van der Waals surface area contributed by atoms with Crippen LogP contribution in [0, 0.1) is 0 Å². The number of carboxylic acid groups (broad SMARTS) is 1. The highest BCUT2D eigenvalue weighted by atomic mass is 32.1. The van der Waals surface area contributed by atoms with Crippen molar-refractivity contribution in [1.82, 2.24) is 31.5 Å². The molecule has 1 aliphatic heterocycles. The summed E-state index contributed by atoms with van der Waals surface area (Å²) >= 11 is 8.42. The van der Waals surface area contributed by atoms with E-state index in [1.54, 1.807) is 30.3 Å². The first-order valence-electron chi connectivity index (χ1n) is 19.7. The molecule has 0 spiro atoms. The molecule has 25 nitrogen and oxygen atoms in total. The van der Waals surface area contributed by atoms with Crippen molar-refractivity contribution >= 4 is 94.9 Å². The van der Waals surface area contributed by atoms with Gasteiger partial charge in [-0.1, -0.05) is 42.5 Å². The van der Waals surface area contributed by atoms with Crippen molar-refractivity contribution in [2.45, 2.75) is 101 Å². The van der Waals surface area contributed by atoms with Gasteiger partial charge in [0.15, 0.2) is 10.9 Å². The number of benzene rings is 1. The van der Waals surface area contributed by atoms with Gasteiger partial charge in [-0.3, -0.25) is 52.9 Å². The normalized spacial score (nSPS) is 15.7. The fourth-order valence-corrected chi connectivity index (χ4v) is 6.04. The topological polar surface area (TPSA) is 449 Å². The number of likely N-dealkylation sites (tertiary alicyclic amines) is 1. The Bertz CT molecular complexity index is 1890. The lowest BCUT2D eigenvalue weighted by molar-refractivity contribution is -0.142. The summed E-state index contributed by atoms with van der Waals surface area (Å²) < 4.78 is 0. The van der Waals surface area contributed by atoms with E-state index in [-0.39, 0.29) is 63.3 Å². The first-order valence-corrected chi connectivity index (χ1v) is 20.7. The number of nitrogens with zero attached hydrogens (tertiary/aromatic N) is 2. The van der Waals surface area contributed by atoms with Crippen LogP contribution in [0.2, 0.25) is 0 Å². The van der Waals surface area contributed by atoms with Gasteiger partial charge in [0.05, 0.1) is 12.5 Å². The monoisotopic (exact) mass is 938 g/mol. The van der Waals surface area contributed by atoms with Gasteiger partial charge in [-0.05, 0) is 51.0 Å².